The molecule has 162 valence electrons. The zero-order valence-corrected chi connectivity index (χ0v) is 18.8. The van der Waals surface area contributed by atoms with E-state index in [-0.39, 0.29) is 11.1 Å². The lowest BCUT2D eigenvalue weighted by Crippen LogP contribution is -2.15. The van der Waals surface area contributed by atoms with E-state index < -0.39 is 11.9 Å². The van der Waals surface area contributed by atoms with Gasteiger partial charge in [-0.2, -0.15) is 5.26 Å². The molecule has 1 N–H and O–H groups in total. The van der Waals surface area contributed by atoms with Crippen molar-refractivity contribution in [3.8, 4) is 22.9 Å². The highest BCUT2D eigenvalue weighted by molar-refractivity contribution is 7.17. The Balaban J connectivity index is 1.94. The number of hydrogen-bond acceptors (Lipinski definition) is 6. The fourth-order valence-electron chi connectivity index (χ4n) is 3.19. The van der Waals surface area contributed by atoms with Crippen LogP contribution in [-0.4, -0.2) is 25.6 Å². The van der Waals surface area contributed by atoms with Gasteiger partial charge in [-0.25, -0.2) is 4.79 Å². The molecule has 3 aromatic rings. The molecule has 3 rings (SSSR count). The molecule has 0 saturated carbocycles. The molecule has 2 aromatic carbocycles. The average molecular weight is 447 g/mol. The van der Waals surface area contributed by atoms with Crippen molar-refractivity contribution >= 4 is 34.3 Å². The van der Waals surface area contributed by atoms with Crippen molar-refractivity contribution in [2.24, 2.45) is 0 Å². The molecule has 0 spiro atoms. The van der Waals surface area contributed by atoms with Crippen LogP contribution >= 0.6 is 11.3 Å². The summed E-state index contributed by atoms with van der Waals surface area (Å²) < 4.78 is 10.4. The molecule has 0 atom stereocenters. The third kappa shape index (κ3) is 5.05. The normalized spacial score (nSPS) is 10.9. The minimum Gasteiger partial charge on any atom is -0.494 e. The van der Waals surface area contributed by atoms with Crippen LogP contribution in [0.15, 0.2) is 60.2 Å². The van der Waals surface area contributed by atoms with Gasteiger partial charge in [0.25, 0.3) is 5.91 Å². The summed E-state index contributed by atoms with van der Waals surface area (Å²) in [5.41, 5.74) is 2.41. The summed E-state index contributed by atoms with van der Waals surface area (Å²) in [6.07, 6.45) is 1.49. The first-order valence-corrected chi connectivity index (χ1v) is 10.7. The molecule has 1 amide bonds. The van der Waals surface area contributed by atoms with E-state index in [1.807, 2.05) is 50.2 Å². The molecule has 6 nitrogen and oxygen atoms in total. The Labute approximate surface area is 190 Å². The van der Waals surface area contributed by atoms with Gasteiger partial charge in [0.15, 0.2) is 0 Å². The zero-order chi connectivity index (χ0) is 23.1. The molecule has 0 aliphatic heterocycles. The van der Waals surface area contributed by atoms with Gasteiger partial charge in [-0.3, -0.25) is 4.79 Å². The highest BCUT2D eigenvalue weighted by Crippen LogP contribution is 2.40. The van der Waals surface area contributed by atoms with Gasteiger partial charge >= 0.3 is 5.97 Å². The van der Waals surface area contributed by atoms with E-state index >= 15 is 0 Å². The number of esters is 1. The van der Waals surface area contributed by atoms with Crippen LogP contribution in [0.3, 0.4) is 0 Å². The van der Waals surface area contributed by atoms with Crippen LogP contribution in [0.4, 0.5) is 5.00 Å². The molecule has 0 saturated heterocycles. The maximum Gasteiger partial charge on any atom is 0.341 e. The van der Waals surface area contributed by atoms with Gasteiger partial charge in [0, 0.05) is 10.4 Å². The Morgan fingerprint density at radius 3 is 2.41 bits per heavy atom. The van der Waals surface area contributed by atoms with Crippen LogP contribution in [0.2, 0.25) is 0 Å². The number of thiophene rings is 1. The second kappa shape index (κ2) is 10.4. The highest BCUT2D eigenvalue weighted by atomic mass is 32.1. The van der Waals surface area contributed by atoms with Crippen molar-refractivity contribution in [3.63, 3.8) is 0 Å². The second-order valence-corrected chi connectivity index (χ2v) is 7.95. The van der Waals surface area contributed by atoms with Crippen LogP contribution in [0.25, 0.3) is 17.2 Å². The Morgan fingerprint density at radius 2 is 1.81 bits per heavy atom. The topological polar surface area (TPSA) is 88.4 Å². The number of carbonyl (C=O) groups is 2. The minimum atomic E-state index is -0.604. The molecular formula is C25H22N2O4S. The third-order valence-electron chi connectivity index (χ3n) is 4.63. The van der Waals surface area contributed by atoms with Gasteiger partial charge in [-0.05, 0) is 43.2 Å². The number of carbonyl (C=O) groups excluding carboxylic acids is 2. The zero-order valence-electron chi connectivity index (χ0n) is 18.0. The summed E-state index contributed by atoms with van der Waals surface area (Å²) in [5, 5.41) is 12.6. The molecule has 0 unspecified atom stereocenters. The van der Waals surface area contributed by atoms with E-state index in [0.29, 0.717) is 28.5 Å². The number of nitriles is 1. The highest BCUT2D eigenvalue weighted by Gasteiger charge is 2.25. The lowest BCUT2D eigenvalue weighted by atomic mass is 10.0. The number of hydrogen-bond donors (Lipinski definition) is 1. The molecule has 1 aromatic heterocycles. The summed E-state index contributed by atoms with van der Waals surface area (Å²) in [5.74, 6) is -0.456. The fourth-order valence-corrected chi connectivity index (χ4v) is 4.25. The largest absolute Gasteiger partial charge is 0.494 e. The number of aryl methyl sites for hydroxylation is 1. The maximum atomic E-state index is 12.9. The predicted octanol–water partition coefficient (Wildman–Crippen LogP) is 5.45. The summed E-state index contributed by atoms with van der Waals surface area (Å²) >= 11 is 1.26. The molecule has 0 aliphatic rings. The van der Waals surface area contributed by atoms with Crippen molar-refractivity contribution in [3.05, 3.63) is 76.2 Å². The van der Waals surface area contributed by atoms with E-state index in [9.17, 15) is 14.9 Å². The SMILES string of the molecule is CCOc1ccc(/C=C(\C#N)C(=O)Nc2sc(C)c(-c3ccccc3)c2C(=O)OC)cc1. The van der Waals surface area contributed by atoms with E-state index in [4.69, 9.17) is 9.47 Å². The second-order valence-electron chi connectivity index (χ2n) is 6.72. The molecule has 0 aliphatic carbocycles. The average Bonchev–Trinajstić information content (AvgIpc) is 3.14. The number of amides is 1. The molecule has 0 fully saturated rings. The van der Waals surface area contributed by atoms with Gasteiger partial charge in [0.05, 0.1) is 13.7 Å². The van der Waals surface area contributed by atoms with Crippen molar-refractivity contribution in [2.75, 3.05) is 19.0 Å². The molecule has 0 radical (unpaired) electrons. The van der Waals surface area contributed by atoms with Crippen molar-refractivity contribution in [1.82, 2.24) is 0 Å². The van der Waals surface area contributed by atoms with Crippen LogP contribution in [-0.2, 0) is 9.53 Å². The van der Waals surface area contributed by atoms with Gasteiger partial charge in [0.2, 0.25) is 0 Å². The Bertz CT molecular complexity index is 1190. The number of benzene rings is 2. The van der Waals surface area contributed by atoms with Crippen molar-refractivity contribution in [2.45, 2.75) is 13.8 Å². The molecule has 1 heterocycles. The smallest absolute Gasteiger partial charge is 0.341 e. The Morgan fingerprint density at radius 1 is 1.12 bits per heavy atom. The number of rotatable bonds is 7. The summed E-state index contributed by atoms with van der Waals surface area (Å²) in [6, 6.07) is 18.4. The quantitative estimate of drug-likeness (QED) is 0.296. The number of ether oxygens (including phenoxy) is 2. The van der Waals surface area contributed by atoms with Crippen LogP contribution < -0.4 is 10.1 Å². The first kappa shape index (κ1) is 22.8. The van der Waals surface area contributed by atoms with Crippen LogP contribution in [0.5, 0.6) is 5.75 Å². The van der Waals surface area contributed by atoms with Gasteiger partial charge in [-0.15, -0.1) is 11.3 Å². The first-order valence-electron chi connectivity index (χ1n) is 9.91. The summed E-state index contributed by atoms with van der Waals surface area (Å²) in [6.45, 7) is 4.31. The van der Waals surface area contributed by atoms with Crippen molar-refractivity contribution in [1.29, 1.82) is 5.26 Å². The molecule has 32 heavy (non-hydrogen) atoms. The standard InChI is InChI=1S/C25H22N2O4S/c1-4-31-20-12-10-17(11-13-20)14-19(15-26)23(28)27-24-22(25(29)30-3)21(16(2)32-24)18-8-6-5-7-9-18/h5-14H,4H2,1-3H3,(H,27,28)/b19-14+. The Kier molecular flexibility index (Phi) is 7.42. The first-order chi connectivity index (χ1) is 15.5. The molecular weight excluding hydrogens is 424 g/mol. The van der Waals surface area contributed by atoms with Gasteiger partial charge in [0.1, 0.15) is 28.0 Å². The summed E-state index contributed by atoms with van der Waals surface area (Å²) in [4.78, 5) is 26.3. The number of methoxy groups -OCH3 is 1. The van der Waals surface area contributed by atoms with E-state index in [2.05, 4.69) is 5.32 Å². The van der Waals surface area contributed by atoms with Gasteiger partial charge < -0.3 is 14.8 Å². The van der Waals surface area contributed by atoms with E-state index in [0.717, 1.165) is 10.4 Å². The lowest BCUT2D eigenvalue weighted by molar-refractivity contribution is -0.112. The van der Waals surface area contributed by atoms with Crippen molar-refractivity contribution < 1.29 is 19.1 Å². The Hall–Kier alpha value is -3.89. The number of nitrogens with one attached hydrogen (secondary N) is 1. The minimum absolute atomic E-state index is 0.0858. The lowest BCUT2D eigenvalue weighted by Gasteiger charge is -2.08. The maximum absolute atomic E-state index is 12.9. The van der Waals surface area contributed by atoms with E-state index in [1.165, 1.54) is 24.5 Å². The fraction of sp³-hybridized carbons (Fsp3) is 0.160. The summed E-state index contributed by atoms with van der Waals surface area (Å²) in [7, 11) is 1.29. The molecule has 7 heteroatoms. The number of anilines is 1. The monoisotopic (exact) mass is 446 g/mol. The van der Waals surface area contributed by atoms with Gasteiger partial charge in [-0.1, -0.05) is 42.5 Å². The van der Waals surface area contributed by atoms with E-state index in [1.54, 1.807) is 24.3 Å². The van der Waals surface area contributed by atoms with Crippen LogP contribution in [0, 0.1) is 18.3 Å². The van der Waals surface area contributed by atoms with Crippen LogP contribution in [0.1, 0.15) is 27.7 Å². The molecule has 0 bridgehead atoms. The third-order valence-corrected chi connectivity index (χ3v) is 5.65. The number of nitrogens with zero attached hydrogens (tertiary/aromatic N) is 1. The predicted molar refractivity (Wildman–Crippen MR) is 126 cm³/mol.